The van der Waals surface area contributed by atoms with Gasteiger partial charge in [-0.1, -0.05) is 6.92 Å². The number of hydrogen-bond acceptors (Lipinski definition) is 4. The standard InChI is InChI=1S/C15H15BrO4S/c1-2-6-19-10-3-4-11(15(17)18)13(8-10)20-9-14-12(16)5-7-21-14/h3-5,7-8H,2,6,9H2,1H3,(H,17,18). The van der Waals surface area contributed by atoms with Crippen LogP contribution in [0.1, 0.15) is 28.6 Å². The van der Waals surface area contributed by atoms with Crippen LogP contribution < -0.4 is 9.47 Å². The van der Waals surface area contributed by atoms with E-state index >= 15 is 0 Å². The van der Waals surface area contributed by atoms with Gasteiger partial charge < -0.3 is 14.6 Å². The van der Waals surface area contributed by atoms with Crippen molar-refractivity contribution in [2.24, 2.45) is 0 Å². The summed E-state index contributed by atoms with van der Waals surface area (Å²) < 4.78 is 12.1. The van der Waals surface area contributed by atoms with E-state index in [1.165, 1.54) is 6.07 Å². The van der Waals surface area contributed by atoms with Crippen molar-refractivity contribution >= 4 is 33.2 Å². The predicted octanol–water partition coefficient (Wildman–Crippen LogP) is 4.58. The van der Waals surface area contributed by atoms with Gasteiger partial charge >= 0.3 is 5.97 Å². The average molecular weight is 371 g/mol. The smallest absolute Gasteiger partial charge is 0.339 e. The molecule has 0 spiro atoms. The molecule has 0 unspecified atom stereocenters. The van der Waals surface area contributed by atoms with Gasteiger partial charge in [-0.2, -0.15) is 0 Å². The Morgan fingerprint density at radius 3 is 2.76 bits per heavy atom. The first kappa shape index (κ1) is 15.9. The second-order valence-electron chi connectivity index (χ2n) is 4.29. The zero-order valence-corrected chi connectivity index (χ0v) is 13.9. The molecule has 0 saturated carbocycles. The Morgan fingerprint density at radius 1 is 1.33 bits per heavy atom. The van der Waals surface area contributed by atoms with Gasteiger partial charge in [0.2, 0.25) is 0 Å². The fourth-order valence-corrected chi connectivity index (χ4v) is 3.06. The van der Waals surface area contributed by atoms with E-state index in [-0.39, 0.29) is 5.56 Å². The molecule has 1 aromatic carbocycles. The highest BCUT2D eigenvalue weighted by Crippen LogP contribution is 2.28. The lowest BCUT2D eigenvalue weighted by Gasteiger charge is -2.11. The van der Waals surface area contributed by atoms with Crippen molar-refractivity contribution < 1.29 is 19.4 Å². The number of carboxylic acid groups (broad SMARTS) is 1. The third-order valence-electron chi connectivity index (χ3n) is 2.71. The Balaban J connectivity index is 2.17. The van der Waals surface area contributed by atoms with Gasteiger partial charge in [-0.3, -0.25) is 0 Å². The van der Waals surface area contributed by atoms with Gasteiger partial charge in [0.1, 0.15) is 23.7 Å². The van der Waals surface area contributed by atoms with Gasteiger partial charge in [0.15, 0.2) is 0 Å². The van der Waals surface area contributed by atoms with Crippen LogP contribution in [0.4, 0.5) is 0 Å². The van der Waals surface area contributed by atoms with Crippen LogP contribution in [0.5, 0.6) is 11.5 Å². The number of thiophene rings is 1. The summed E-state index contributed by atoms with van der Waals surface area (Å²) in [6.45, 7) is 2.91. The van der Waals surface area contributed by atoms with Crippen LogP contribution in [-0.2, 0) is 6.61 Å². The number of rotatable bonds is 7. The molecule has 1 aromatic heterocycles. The Bertz CT molecular complexity index is 624. The van der Waals surface area contributed by atoms with E-state index < -0.39 is 5.97 Å². The maximum Gasteiger partial charge on any atom is 0.339 e. The van der Waals surface area contributed by atoms with Gasteiger partial charge in [-0.15, -0.1) is 11.3 Å². The maximum absolute atomic E-state index is 11.2. The normalized spacial score (nSPS) is 10.4. The van der Waals surface area contributed by atoms with Gasteiger partial charge in [0.05, 0.1) is 11.5 Å². The quantitative estimate of drug-likeness (QED) is 0.774. The third kappa shape index (κ3) is 4.22. The van der Waals surface area contributed by atoms with Gasteiger partial charge in [-0.25, -0.2) is 4.79 Å². The Kier molecular flexibility index (Phi) is 5.64. The van der Waals surface area contributed by atoms with Crippen LogP contribution in [0.15, 0.2) is 34.1 Å². The Morgan fingerprint density at radius 2 is 2.14 bits per heavy atom. The van der Waals surface area contributed by atoms with Crippen LogP contribution in [0, 0.1) is 0 Å². The molecule has 2 rings (SSSR count). The lowest BCUT2D eigenvalue weighted by atomic mass is 10.2. The molecule has 0 fully saturated rings. The van der Waals surface area contributed by atoms with Crippen LogP contribution in [0.3, 0.4) is 0 Å². The zero-order chi connectivity index (χ0) is 15.2. The minimum atomic E-state index is -1.02. The van der Waals surface area contributed by atoms with E-state index in [1.54, 1.807) is 23.5 Å². The van der Waals surface area contributed by atoms with Crippen molar-refractivity contribution in [3.63, 3.8) is 0 Å². The molecule has 1 N–H and O–H groups in total. The molecule has 1 heterocycles. The number of halogens is 1. The molecule has 112 valence electrons. The van der Waals surface area contributed by atoms with Crippen molar-refractivity contribution in [3.05, 3.63) is 44.6 Å². The molecule has 0 radical (unpaired) electrons. The van der Waals surface area contributed by atoms with Crippen molar-refractivity contribution in [1.82, 2.24) is 0 Å². The lowest BCUT2D eigenvalue weighted by molar-refractivity contribution is 0.0691. The van der Waals surface area contributed by atoms with Crippen LogP contribution in [0.2, 0.25) is 0 Å². The van der Waals surface area contributed by atoms with Crippen molar-refractivity contribution in [2.45, 2.75) is 20.0 Å². The van der Waals surface area contributed by atoms with Crippen LogP contribution in [0.25, 0.3) is 0 Å². The summed E-state index contributed by atoms with van der Waals surface area (Å²) in [4.78, 5) is 12.3. The number of benzene rings is 1. The first-order valence-corrected chi connectivity index (χ1v) is 8.14. The molecule has 0 aliphatic carbocycles. The fraction of sp³-hybridized carbons (Fsp3) is 0.267. The number of carbonyl (C=O) groups is 1. The molecule has 2 aromatic rings. The van der Waals surface area contributed by atoms with E-state index in [2.05, 4.69) is 15.9 Å². The summed E-state index contributed by atoms with van der Waals surface area (Å²) in [6, 6.07) is 6.71. The van der Waals surface area contributed by atoms with Gasteiger partial charge in [0, 0.05) is 10.5 Å². The predicted molar refractivity (Wildman–Crippen MR) is 85.5 cm³/mol. The second-order valence-corrected chi connectivity index (χ2v) is 6.15. The molecular weight excluding hydrogens is 356 g/mol. The molecule has 0 bridgehead atoms. The first-order valence-electron chi connectivity index (χ1n) is 6.46. The van der Waals surface area contributed by atoms with E-state index in [4.69, 9.17) is 9.47 Å². The van der Waals surface area contributed by atoms with Crippen molar-refractivity contribution in [3.8, 4) is 11.5 Å². The largest absolute Gasteiger partial charge is 0.493 e. The topological polar surface area (TPSA) is 55.8 Å². The molecule has 0 saturated heterocycles. The average Bonchev–Trinajstić information content (AvgIpc) is 2.88. The highest BCUT2D eigenvalue weighted by atomic mass is 79.9. The highest BCUT2D eigenvalue weighted by Gasteiger charge is 2.13. The second kappa shape index (κ2) is 7.47. The fourth-order valence-electron chi connectivity index (χ4n) is 1.68. The van der Waals surface area contributed by atoms with Crippen LogP contribution in [-0.4, -0.2) is 17.7 Å². The van der Waals surface area contributed by atoms with E-state index in [0.717, 1.165) is 15.8 Å². The monoisotopic (exact) mass is 370 g/mol. The first-order chi connectivity index (χ1) is 10.1. The van der Waals surface area contributed by atoms with E-state index in [0.29, 0.717) is 24.7 Å². The number of aromatic carboxylic acids is 1. The minimum absolute atomic E-state index is 0.131. The number of ether oxygens (including phenoxy) is 2. The third-order valence-corrected chi connectivity index (χ3v) is 4.61. The molecule has 21 heavy (non-hydrogen) atoms. The zero-order valence-electron chi connectivity index (χ0n) is 11.5. The molecule has 0 amide bonds. The minimum Gasteiger partial charge on any atom is -0.493 e. The number of carboxylic acids is 1. The van der Waals surface area contributed by atoms with E-state index in [1.807, 2.05) is 18.4 Å². The molecule has 6 heteroatoms. The van der Waals surface area contributed by atoms with Crippen LogP contribution >= 0.6 is 27.3 Å². The SMILES string of the molecule is CCCOc1ccc(C(=O)O)c(OCc2sccc2Br)c1. The molecule has 0 aliphatic rings. The molecule has 0 aliphatic heterocycles. The van der Waals surface area contributed by atoms with Gasteiger partial charge in [0.25, 0.3) is 0 Å². The lowest BCUT2D eigenvalue weighted by Crippen LogP contribution is -2.04. The molecule has 4 nitrogen and oxygen atoms in total. The summed E-state index contributed by atoms with van der Waals surface area (Å²) in [5.41, 5.74) is 0.131. The highest BCUT2D eigenvalue weighted by molar-refractivity contribution is 9.10. The summed E-state index contributed by atoms with van der Waals surface area (Å²) in [6.07, 6.45) is 0.888. The number of hydrogen-bond donors (Lipinski definition) is 1. The molecule has 0 atom stereocenters. The van der Waals surface area contributed by atoms with E-state index in [9.17, 15) is 9.90 Å². The molecular formula is C15H15BrO4S. The Hall–Kier alpha value is -1.53. The summed E-state index contributed by atoms with van der Waals surface area (Å²) in [5, 5.41) is 11.2. The summed E-state index contributed by atoms with van der Waals surface area (Å²) in [7, 11) is 0. The summed E-state index contributed by atoms with van der Waals surface area (Å²) >= 11 is 4.98. The van der Waals surface area contributed by atoms with Crippen molar-refractivity contribution in [1.29, 1.82) is 0 Å². The van der Waals surface area contributed by atoms with Gasteiger partial charge in [-0.05, 0) is 45.9 Å². The Labute approximate surface area is 135 Å². The maximum atomic E-state index is 11.2. The summed E-state index contributed by atoms with van der Waals surface area (Å²) in [5.74, 6) is -0.0872. The van der Waals surface area contributed by atoms with Crippen molar-refractivity contribution in [2.75, 3.05) is 6.61 Å².